The number of aliphatic hydroxyl groups excluding tert-OH is 7. The molecular weight excluding hydrogens is 678 g/mol. The zero-order chi connectivity index (χ0) is 39.1. The minimum atomic E-state index is -1.67. The molecule has 0 spiro atoms. The standard InChI is InChI=1S/C42H75NO10/c1-3-5-7-9-11-13-14-15-16-17-18-19-20-21-22-24-26-28-30-35(46)41(51)43-33(32-52-42-40(50)39(49)38(48)36(31-44)53-42)37(47)34(45)29-27-25-23-12-10-8-6-4-2/h4,6,11-15,23,33-40,42,44-50H,3,5,7-10,16-22,24-32H2,1-2H3,(H,43,51)/b6-4+,13-11-,15-14-,23-12+. The number of hydrogen-bond acceptors (Lipinski definition) is 10. The fourth-order valence-electron chi connectivity index (χ4n) is 6.22. The van der Waals surface area contributed by atoms with Crippen molar-refractivity contribution in [3.63, 3.8) is 0 Å². The average molecular weight is 754 g/mol. The molecule has 1 rings (SSSR count). The monoisotopic (exact) mass is 754 g/mol. The highest BCUT2D eigenvalue weighted by Gasteiger charge is 2.44. The van der Waals surface area contributed by atoms with Crippen LogP contribution >= 0.6 is 0 Å². The van der Waals surface area contributed by atoms with E-state index in [-0.39, 0.29) is 12.8 Å². The summed E-state index contributed by atoms with van der Waals surface area (Å²) in [5.74, 6) is -0.722. The molecule has 1 saturated heterocycles. The average Bonchev–Trinajstić information content (AvgIpc) is 3.16. The van der Waals surface area contributed by atoms with Gasteiger partial charge in [0.2, 0.25) is 5.91 Å². The normalized spacial score (nSPS) is 23.4. The molecule has 1 heterocycles. The van der Waals surface area contributed by atoms with Gasteiger partial charge in [0.1, 0.15) is 36.6 Å². The zero-order valence-corrected chi connectivity index (χ0v) is 32.7. The smallest absolute Gasteiger partial charge is 0.249 e. The van der Waals surface area contributed by atoms with Crippen LogP contribution in [0.3, 0.4) is 0 Å². The van der Waals surface area contributed by atoms with Crippen LogP contribution in [0.25, 0.3) is 0 Å². The van der Waals surface area contributed by atoms with Gasteiger partial charge in [-0.3, -0.25) is 4.79 Å². The maximum Gasteiger partial charge on any atom is 0.249 e. The minimum Gasteiger partial charge on any atom is -0.394 e. The van der Waals surface area contributed by atoms with Crippen LogP contribution in [0.1, 0.15) is 142 Å². The number of rotatable bonds is 32. The lowest BCUT2D eigenvalue weighted by Gasteiger charge is -2.40. The van der Waals surface area contributed by atoms with Gasteiger partial charge in [0.25, 0.3) is 0 Å². The van der Waals surface area contributed by atoms with Gasteiger partial charge in [0, 0.05) is 0 Å². The summed E-state index contributed by atoms with van der Waals surface area (Å²) in [6.45, 7) is 3.11. The van der Waals surface area contributed by atoms with E-state index in [0.29, 0.717) is 19.3 Å². The van der Waals surface area contributed by atoms with Crippen LogP contribution in [0, 0.1) is 0 Å². The van der Waals surface area contributed by atoms with E-state index in [2.05, 4.69) is 48.7 Å². The molecule has 9 atom stereocenters. The molecule has 0 aromatic carbocycles. The van der Waals surface area contributed by atoms with E-state index in [0.717, 1.165) is 44.9 Å². The third-order valence-electron chi connectivity index (χ3n) is 9.70. The summed E-state index contributed by atoms with van der Waals surface area (Å²) in [6.07, 6.45) is 24.9. The Balaban J connectivity index is 2.47. The maximum atomic E-state index is 13.0. The van der Waals surface area contributed by atoms with Crippen molar-refractivity contribution in [2.45, 2.75) is 197 Å². The molecule has 11 nitrogen and oxygen atoms in total. The van der Waals surface area contributed by atoms with Crippen molar-refractivity contribution in [1.29, 1.82) is 0 Å². The van der Waals surface area contributed by atoms with Crippen LogP contribution in [0.15, 0.2) is 48.6 Å². The van der Waals surface area contributed by atoms with Crippen molar-refractivity contribution < 1.29 is 50.0 Å². The molecule has 1 aliphatic rings. The van der Waals surface area contributed by atoms with Gasteiger partial charge in [-0.25, -0.2) is 0 Å². The summed E-state index contributed by atoms with van der Waals surface area (Å²) in [4.78, 5) is 13.0. The van der Waals surface area contributed by atoms with Gasteiger partial charge in [-0.05, 0) is 71.1 Å². The lowest BCUT2D eigenvalue weighted by Crippen LogP contribution is -2.60. The van der Waals surface area contributed by atoms with Crippen LogP contribution in [-0.4, -0.2) is 110 Å². The van der Waals surface area contributed by atoms with Gasteiger partial charge < -0.3 is 50.5 Å². The van der Waals surface area contributed by atoms with E-state index in [1.54, 1.807) is 0 Å². The Hall–Kier alpha value is -1.93. The molecule has 0 aromatic rings. The third kappa shape index (κ3) is 22.9. The third-order valence-corrected chi connectivity index (χ3v) is 9.70. The van der Waals surface area contributed by atoms with Gasteiger partial charge in [-0.1, -0.05) is 120 Å². The topological polar surface area (TPSA) is 189 Å². The summed E-state index contributed by atoms with van der Waals surface area (Å²) >= 11 is 0. The van der Waals surface area contributed by atoms with Gasteiger partial charge >= 0.3 is 0 Å². The molecule has 308 valence electrons. The largest absolute Gasteiger partial charge is 0.394 e. The molecule has 1 amide bonds. The lowest BCUT2D eigenvalue weighted by molar-refractivity contribution is -0.303. The summed E-state index contributed by atoms with van der Waals surface area (Å²) in [5.41, 5.74) is 0. The first-order valence-electron chi connectivity index (χ1n) is 20.5. The van der Waals surface area contributed by atoms with Crippen LogP contribution in [0.5, 0.6) is 0 Å². The highest BCUT2D eigenvalue weighted by Crippen LogP contribution is 2.23. The predicted molar refractivity (Wildman–Crippen MR) is 210 cm³/mol. The van der Waals surface area contributed by atoms with Crippen LogP contribution < -0.4 is 5.32 Å². The van der Waals surface area contributed by atoms with Crippen LogP contribution in [0.2, 0.25) is 0 Å². The number of hydrogen-bond donors (Lipinski definition) is 8. The van der Waals surface area contributed by atoms with Crippen molar-refractivity contribution in [3.8, 4) is 0 Å². The molecular formula is C42H75NO10. The Labute approximate surface area is 319 Å². The number of allylic oxidation sites excluding steroid dienone is 8. The van der Waals surface area contributed by atoms with Crippen molar-refractivity contribution in [2.24, 2.45) is 0 Å². The molecule has 0 aliphatic carbocycles. The van der Waals surface area contributed by atoms with Crippen LogP contribution in [-0.2, 0) is 14.3 Å². The van der Waals surface area contributed by atoms with Crippen molar-refractivity contribution in [2.75, 3.05) is 13.2 Å². The molecule has 9 unspecified atom stereocenters. The molecule has 11 heteroatoms. The summed E-state index contributed by atoms with van der Waals surface area (Å²) in [5, 5.41) is 75.1. The minimum absolute atomic E-state index is 0.240. The number of aliphatic hydroxyl groups is 7. The van der Waals surface area contributed by atoms with Gasteiger partial charge in [0.05, 0.1) is 25.4 Å². The predicted octanol–water partition coefficient (Wildman–Crippen LogP) is 5.44. The van der Waals surface area contributed by atoms with E-state index in [9.17, 15) is 40.5 Å². The molecule has 0 bridgehead atoms. The van der Waals surface area contributed by atoms with E-state index in [1.807, 2.05) is 19.1 Å². The Morgan fingerprint density at radius 2 is 1.26 bits per heavy atom. The second kappa shape index (κ2) is 32.3. The second-order valence-corrected chi connectivity index (χ2v) is 14.4. The number of nitrogens with one attached hydrogen (secondary N) is 1. The quantitative estimate of drug-likeness (QED) is 0.0250. The second-order valence-electron chi connectivity index (χ2n) is 14.4. The molecule has 0 radical (unpaired) electrons. The molecule has 53 heavy (non-hydrogen) atoms. The van der Waals surface area contributed by atoms with Gasteiger partial charge in [-0.2, -0.15) is 0 Å². The summed E-state index contributed by atoms with van der Waals surface area (Å²) in [7, 11) is 0. The van der Waals surface area contributed by atoms with Gasteiger partial charge in [0.15, 0.2) is 6.29 Å². The SMILES string of the molecule is C/C=C/CC/C=C/CCCC(O)C(O)C(COC1OC(CO)C(O)C(O)C1O)NC(=O)C(O)CCCCCCCCCCC/C=C\C=C/CCCCC. The first-order chi connectivity index (χ1) is 25.7. The van der Waals surface area contributed by atoms with E-state index in [4.69, 9.17) is 9.47 Å². The molecule has 0 aromatic heterocycles. The number of amides is 1. The number of unbranched alkanes of at least 4 members (excludes halogenated alkanes) is 14. The number of ether oxygens (including phenoxy) is 2. The highest BCUT2D eigenvalue weighted by atomic mass is 16.7. The van der Waals surface area contributed by atoms with Gasteiger partial charge in [-0.15, -0.1) is 0 Å². The highest BCUT2D eigenvalue weighted by molar-refractivity contribution is 5.80. The molecule has 0 saturated carbocycles. The van der Waals surface area contributed by atoms with Crippen molar-refractivity contribution in [3.05, 3.63) is 48.6 Å². The Morgan fingerprint density at radius 3 is 1.89 bits per heavy atom. The summed E-state index contributed by atoms with van der Waals surface area (Å²) in [6, 6.07) is -1.19. The first kappa shape index (κ1) is 49.1. The van der Waals surface area contributed by atoms with Crippen LogP contribution in [0.4, 0.5) is 0 Å². The Morgan fingerprint density at radius 1 is 0.698 bits per heavy atom. The Kier molecular flexibility index (Phi) is 29.9. The number of carbonyl (C=O) groups excluding carboxylic acids is 1. The Bertz CT molecular complexity index is 1000. The van der Waals surface area contributed by atoms with E-state index >= 15 is 0 Å². The fraction of sp³-hybridized carbons (Fsp3) is 0.786. The summed E-state index contributed by atoms with van der Waals surface area (Å²) < 4.78 is 11.0. The fourth-order valence-corrected chi connectivity index (χ4v) is 6.22. The zero-order valence-electron chi connectivity index (χ0n) is 32.7. The first-order valence-corrected chi connectivity index (χ1v) is 20.5. The molecule has 8 N–H and O–H groups in total. The maximum absolute atomic E-state index is 13.0. The van der Waals surface area contributed by atoms with Crippen molar-refractivity contribution >= 4 is 5.91 Å². The van der Waals surface area contributed by atoms with E-state index in [1.165, 1.54) is 51.4 Å². The van der Waals surface area contributed by atoms with Crippen molar-refractivity contribution in [1.82, 2.24) is 5.32 Å². The van der Waals surface area contributed by atoms with E-state index < -0.39 is 74.2 Å². The number of carbonyl (C=O) groups is 1. The molecule has 1 fully saturated rings. The molecule has 1 aliphatic heterocycles. The lowest BCUT2D eigenvalue weighted by atomic mass is 9.98.